The van der Waals surface area contributed by atoms with Crippen molar-refractivity contribution in [1.82, 2.24) is 4.90 Å². The highest BCUT2D eigenvalue weighted by Gasteiger charge is 2.41. The first-order chi connectivity index (χ1) is 17.5. The van der Waals surface area contributed by atoms with Crippen LogP contribution in [0.3, 0.4) is 0 Å². The lowest BCUT2D eigenvalue weighted by molar-refractivity contribution is -0.130. The fourth-order valence-corrected chi connectivity index (χ4v) is 6.20. The number of amides is 1. The Morgan fingerprint density at radius 1 is 1.11 bits per heavy atom. The summed E-state index contributed by atoms with van der Waals surface area (Å²) in [6, 6.07) is 12.4. The fourth-order valence-electron chi connectivity index (χ4n) is 6.00. The van der Waals surface area contributed by atoms with Crippen molar-refractivity contribution in [3.8, 4) is 5.75 Å². The number of aldehydes is 1. The van der Waals surface area contributed by atoms with Gasteiger partial charge in [-0.1, -0.05) is 35.9 Å². The van der Waals surface area contributed by atoms with Crippen LogP contribution >= 0.6 is 11.6 Å². The molecule has 6 heteroatoms. The van der Waals surface area contributed by atoms with Gasteiger partial charge in [-0.3, -0.25) is 4.79 Å². The van der Waals surface area contributed by atoms with E-state index in [1.165, 1.54) is 11.1 Å². The highest BCUT2D eigenvalue weighted by atomic mass is 35.5. The number of halogens is 1. The molecule has 190 valence electrons. The number of carbonyl (C=O) groups is 2. The monoisotopic (exact) mass is 506 g/mol. The van der Waals surface area contributed by atoms with Gasteiger partial charge in [0, 0.05) is 49.5 Å². The summed E-state index contributed by atoms with van der Waals surface area (Å²) in [5.41, 5.74) is 4.48. The summed E-state index contributed by atoms with van der Waals surface area (Å²) in [6.07, 6.45) is 11.7. The molecule has 0 aromatic heterocycles. The minimum absolute atomic E-state index is 0.0221. The smallest absolute Gasteiger partial charge is 0.223 e. The third-order valence-electron chi connectivity index (χ3n) is 8.07. The molecule has 5 nitrogen and oxygen atoms in total. The summed E-state index contributed by atoms with van der Waals surface area (Å²) in [5.74, 6) is 0.357. The number of benzene rings is 2. The van der Waals surface area contributed by atoms with Gasteiger partial charge in [-0.25, -0.2) is 0 Å². The average Bonchev–Trinajstić information content (AvgIpc) is 3.03. The molecule has 36 heavy (non-hydrogen) atoms. The predicted molar refractivity (Wildman–Crippen MR) is 144 cm³/mol. The lowest BCUT2D eigenvalue weighted by Crippen LogP contribution is -2.46. The van der Waals surface area contributed by atoms with E-state index in [9.17, 15) is 9.59 Å². The Hall–Kier alpha value is -2.79. The zero-order valence-electron chi connectivity index (χ0n) is 21.0. The molecule has 0 fully saturated rings. The molecule has 2 atom stereocenters. The van der Waals surface area contributed by atoms with Gasteiger partial charge in [0.05, 0.1) is 12.3 Å². The highest BCUT2D eigenvalue weighted by Crippen LogP contribution is 2.45. The fraction of sp³-hybridized carbons (Fsp3) is 0.467. The first-order valence-corrected chi connectivity index (χ1v) is 13.5. The summed E-state index contributed by atoms with van der Waals surface area (Å²) >= 11 is 6.36. The molecule has 2 aromatic rings. The number of rotatable bonds is 1. The van der Waals surface area contributed by atoms with Gasteiger partial charge in [-0.15, -0.1) is 0 Å². The Labute approximate surface area is 219 Å². The molecule has 2 aromatic carbocycles. The molecule has 0 saturated heterocycles. The van der Waals surface area contributed by atoms with Crippen LogP contribution in [0.2, 0.25) is 5.02 Å². The van der Waals surface area contributed by atoms with Gasteiger partial charge in [-0.2, -0.15) is 0 Å². The lowest BCUT2D eigenvalue weighted by Gasteiger charge is -2.41. The van der Waals surface area contributed by atoms with E-state index in [-0.39, 0.29) is 17.7 Å². The summed E-state index contributed by atoms with van der Waals surface area (Å²) < 4.78 is 6.53. The van der Waals surface area contributed by atoms with Crippen molar-refractivity contribution in [2.45, 2.75) is 56.3 Å². The normalized spacial score (nSPS) is 25.7. The maximum Gasteiger partial charge on any atom is 0.223 e. The van der Waals surface area contributed by atoms with Crippen LogP contribution < -0.4 is 9.64 Å². The molecule has 0 radical (unpaired) electrons. The maximum atomic E-state index is 12.8. The Kier molecular flexibility index (Phi) is 7.38. The summed E-state index contributed by atoms with van der Waals surface area (Å²) in [5, 5.41) is 0.788. The van der Waals surface area contributed by atoms with Gasteiger partial charge < -0.3 is 19.3 Å². The molecule has 2 aliphatic heterocycles. The highest BCUT2D eigenvalue weighted by molar-refractivity contribution is 6.30. The number of carbonyl (C=O) groups excluding carboxylic acids is 2. The molecule has 0 N–H and O–H groups in total. The van der Waals surface area contributed by atoms with Crippen LogP contribution in [0.25, 0.3) is 0 Å². The SMILES string of the molecule is CN1C/C=C/CCCCN2C[C@@]3(CCCc4cc(Cl)ccc43)COc3ccc(cc32)C(C=O)CC1=O. The molecule has 1 amide bonds. The van der Waals surface area contributed by atoms with Crippen LogP contribution in [0.1, 0.15) is 61.1 Å². The van der Waals surface area contributed by atoms with Crippen LogP contribution in [0, 0.1) is 0 Å². The second kappa shape index (κ2) is 10.7. The van der Waals surface area contributed by atoms with Gasteiger partial charge in [0.2, 0.25) is 5.91 Å². The molecule has 1 spiro atoms. The minimum Gasteiger partial charge on any atom is -0.490 e. The van der Waals surface area contributed by atoms with E-state index in [0.29, 0.717) is 13.2 Å². The van der Waals surface area contributed by atoms with Crippen LogP contribution in [-0.2, 0) is 21.4 Å². The van der Waals surface area contributed by atoms with E-state index < -0.39 is 5.92 Å². The number of ether oxygens (including phenoxy) is 1. The number of anilines is 1. The minimum atomic E-state index is -0.476. The number of aryl methyl sites for hydroxylation is 1. The Balaban J connectivity index is 1.54. The number of hydrogen-bond donors (Lipinski definition) is 0. The first-order valence-electron chi connectivity index (χ1n) is 13.1. The number of nitrogens with zero attached hydrogens (tertiary/aromatic N) is 2. The molecular weight excluding hydrogens is 472 g/mol. The van der Waals surface area contributed by atoms with Crippen molar-refractivity contribution in [2.75, 3.05) is 38.2 Å². The average molecular weight is 507 g/mol. The van der Waals surface area contributed by atoms with Crippen molar-refractivity contribution in [1.29, 1.82) is 0 Å². The third kappa shape index (κ3) is 5.04. The molecule has 0 saturated carbocycles. The molecule has 5 rings (SSSR count). The van der Waals surface area contributed by atoms with Gasteiger partial charge in [0.25, 0.3) is 0 Å². The number of fused-ring (bicyclic) bond motifs is 3. The second-order valence-corrected chi connectivity index (χ2v) is 11.0. The third-order valence-corrected chi connectivity index (χ3v) is 8.30. The van der Waals surface area contributed by atoms with Crippen molar-refractivity contribution < 1.29 is 14.3 Å². The predicted octanol–water partition coefficient (Wildman–Crippen LogP) is 5.68. The number of hydrogen-bond acceptors (Lipinski definition) is 4. The standard InChI is InChI=1S/C30H35ClN2O3/c1-32-14-5-3-2-4-6-15-33-20-30(13-7-8-23-16-25(31)10-11-26(23)30)21-36-28-12-9-22(17-27(28)33)24(19-34)18-29(32)35/h3,5,9-12,16-17,19,24H,2,4,6-8,13-15,18,20-21H2,1H3/b5-3+/t24?,30-/m0/s1. The maximum absolute atomic E-state index is 12.8. The molecule has 1 unspecified atom stereocenters. The second-order valence-electron chi connectivity index (χ2n) is 10.6. The van der Waals surface area contributed by atoms with Crippen molar-refractivity contribution in [3.63, 3.8) is 0 Å². The molecule has 3 aliphatic rings. The van der Waals surface area contributed by atoms with E-state index in [1.807, 2.05) is 18.2 Å². The van der Waals surface area contributed by atoms with Crippen LogP contribution in [-0.4, -0.2) is 50.4 Å². The van der Waals surface area contributed by atoms with Crippen LogP contribution in [0.4, 0.5) is 5.69 Å². The van der Waals surface area contributed by atoms with Gasteiger partial charge in [-0.05, 0) is 79.5 Å². The zero-order chi connectivity index (χ0) is 25.1. The van der Waals surface area contributed by atoms with Gasteiger partial charge in [0.1, 0.15) is 12.0 Å². The lowest BCUT2D eigenvalue weighted by atomic mass is 9.70. The Morgan fingerprint density at radius 2 is 2.00 bits per heavy atom. The largest absolute Gasteiger partial charge is 0.490 e. The first kappa shape index (κ1) is 24.9. The van der Waals surface area contributed by atoms with Crippen molar-refractivity contribution in [3.05, 3.63) is 70.3 Å². The van der Waals surface area contributed by atoms with E-state index in [0.717, 1.165) is 79.9 Å². The summed E-state index contributed by atoms with van der Waals surface area (Å²) in [4.78, 5) is 29.1. The van der Waals surface area contributed by atoms with Crippen LogP contribution in [0.5, 0.6) is 5.75 Å². The van der Waals surface area contributed by atoms with E-state index in [2.05, 4.69) is 35.3 Å². The van der Waals surface area contributed by atoms with Crippen LogP contribution in [0.15, 0.2) is 48.6 Å². The summed E-state index contributed by atoms with van der Waals surface area (Å²) in [7, 11) is 1.80. The topological polar surface area (TPSA) is 49.9 Å². The Bertz CT molecular complexity index is 1160. The summed E-state index contributed by atoms with van der Waals surface area (Å²) in [6.45, 7) is 2.97. The Morgan fingerprint density at radius 3 is 2.86 bits per heavy atom. The molecule has 2 heterocycles. The van der Waals surface area contributed by atoms with Gasteiger partial charge in [0.15, 0.2) is 0 Å². The molecular formula is C30H35ClN2O3. The quantitative estimate of drug-likeness (QED) is 0.368. The van der Waals surface area contributed by atoms with E-state index in [1.54, 1.807) is 11.9 Å². The van der Waals surface area contributed by atoms with Crippen molar-refractivity contribution >= 4 is 29.5 Å². The zero-order valence-corrected chi connectivity index (χ0v) is 21.8. The number of likely N-dealkylation sites (N-methyl/N-ethyl adjacent to an activating group) is 1. The van der Waals surface area contributed by atoms with E-state index in [4.69, 9.17) is 16.3 Å². The number of allylic oxidation sites excluding steroid dienone is 1. The van der Waals surface area contributed by atoms with E-state index >= 15 is 0 Å². The van der Waals surface area contributed by atoms with Gasteiger partial charge >= 0.3 is 0 Å². The molecule has 1 aliphatic carbocycles. The van der Waals surface area contributed by atoms with Crippen molar-refractivity contribution in [2.24, 2.45) is 0 Å². The molecule has 2 bridgehead atoms.